The molecule has 0 spiro atoms. The van der Waals surface area contributed by atoms with Crippen LogP contribution in [0, 0.1) is 20.8 Å². The zero-order valence-electron chi connectivity index (χ0n) is 19.8. The molecular formula is C28H31N3O2. The van der Waals surface area contributed by atoms with Crippen LogP contribution in [0.15, 0.2) is 66.7 Å². The summed E-state index contributed by atoms with van der Waals surface area (Å²) < 4.78 is 8.23. The predicted octanol–water partition coefficient (Wildman–Crippen LogP) is 5.92. The SMILES string of the molecule is Cc1cccc(C(=O)NC(C)c2nc3ccccc3n2CCCOc2ccc(C)cc2C)c1. The average Bonchev–Trinajstić information content (AvgIpc) is 3.16. The number of hydrogen-bond acceptors (Lipinski definition) is 3. The molecule has 0 saturated carbocycles. The summed E-state index contributed by atoms with van der Waals surface area (Å²) in [5, 5.41) is 3.12. The van der Waals surface area contributed by atoms with Gasteiger partial charge in [-0.2, -0.15) is 0 Å². The van der Waals surface area contributed by atoms with E-state index < -0.39 is 0 Å². The van der Waals surface area contributed by atoms with Crippen LogP contribution >= 0.6 is 0 Å². The first-order chi connectivity index (χ1) is 15.9. The second-order valence-corrected chi connectivity index (χ2v) is 8.65. The van der Waals surface area contributed by atoms with E-state index in [1.165, 1.54) is 5.56 Å². The monoisotopic (exact) mass is 441 g/mol. The summed E-state index contributed by atoms with van der Waals surface area (Å²) in [5.74, 6) is 1.68. The number of rotatable bonds is 8. The summed E-state index contributed by atoms with van der Waals surface area (Å²) in [6.07, 6.45) is 0.833. The van der Waals surface area contributed by atoms with Gasteiger partial charge in [-0.05, 0) is 70.0 Å². The largest absolute Gasteiger partial charge is 0.493 e. The Morgan fingerprint density at radius 3 is 2.58 bits per heavy atom. The fourth-order valence-corrected chi connectivity index (χ4v) is 4.16. The van der Waals surface area contributed by atoms with Crippen molar-refractivity contribution in [2.75, 3.05) is 6.61 Å². The molecule has 0 saturated heterocycles. The van der Waals surface area contributed by atoms with E-state index in [-0.39, 0.29) is 11.9 Å². The zero-order valence-corrected chi connectivity index (χ0v) is 19.8. The first-order valence-corrected chi connectivity index (χ1v) is 11.4. The molecule has 1 heterocycles. The van der Waals surface area contributed by atoms with Crippen molar-refractivity contribution in [3.8, 4) is 5.75 Å². The first kappa shape index (κ1) is 22.6. The van der Waals surface area contributed by atoms with Gasteiger partial charge in [0.2, 0.25) is 0 Å². The van der Waals surface area contributed by atoms with Crippen molar-refractivity contribution in [1.82, 2.24) is 14.9 Å². The summed E-state index contributed by atoms with van der Waals surface area (Å²) >= 11 is 0. The van der Waals surface area contributed by atoms with Gasteiger partial charge in [0, 0.05) is 12.1 Å². The van der Waals surface area contributed by atoms with Crippen molar-refractivity contribution in [3.05, 3.63) is 94.8 Å². The second-order valence-electron chi connectivity index (χ2n) is 8.65. The second kappa shape index (κ2) is 9.90. The lowest BCUT2D eigenvalue weighted by Crippen LogP contribution is -2.29. The number of para-hydroxylation sites is 2. The van der Waals surface area contributed by atoms with Gasteiger partial charge in [0.25, 0.3) is 5.91 Å². The maximum Gasteiger partial charge on any atom is 0.251 e. The molecule has 4 rings (SSSR count). The fraction of sp³-hybridized carbons (Fsp3) is 0.286. The van der Waals surface area contributed by atoms with Crippen molar-refractivity contribution in [2.24, 2.45) is 0 Å². The number of aryl methyl sites for hydroxylation is 4. The van der Waals surface area contributed by atoms with Crippen molar-refractivity contribution in [2.45, 2.75) is 46.7 Å². The molecule has 5 heteroatoms. The summed E-state index contributed by atoms with van der Waals surface area (Å²) in [5.41, 5.74) is 6.10. The third-order valence-corrected chi connectivity index (χ3v) is 5.81. The molecule has 1 atom stereocenters. The number of hydrogen-bond donors (Lipinski definition) is 1. The molecule has 3 aromatic carbocycles. The summed E-state index contributed by atoms with van der Waals surface area (Å²) in [6, 6.07) is 21.7. The number of nitrogens with one attached hydrogen (secondary N) is 1. The Kier molecular flexibility index (Phi) is 6.78. The normalized spacial score (nSPS) is 12.0. The van der Waals surface area contributed by atoms with Crippen LogP contribution in [-0.4, -0.2) is 22.1 Å². The van der Waals surface area contributed by atoms with E-state index in [1.807, 2.05) is 62.4 Å². The van der Waals surface area contributed by atoms with Crippen molar-refractivity contribution in [3.63, 3.8) is 0 Å². The maximum atomic E-state index is 12.8. The minimum absolute atomic E-state index is 0.0945. The molecule has 1 aromatic heterocycles. The highest BCUT2D eigenvalue weighted by Crippen LogP contribution is 2.23. The topological polar surface area (TPSA) is 56.2 Å². The molecule has 0 aliphatic rings. The van der Waals surface area contributed by atoms with Gasteiger partial charge >= 0.3 is 0 Å². The quantitative estimate of drug-likeness (QED) is 0.345. The molecule has 33 heavy (non-hydrogen) atoms. The van der Waals surface area contributed by atoms with Crippen LogP contribution in [0.25, 0.3) is 11.0 Å². The fourth-order valence-electron chi connectivity index (χ4n) is 4.16. The highest BCUT2D eigenvalue weighted by molar-refractivity contribution is 5.94. The molecule has 1 unspecified atom stereocenters. The van der Waals surface area contributed by atoms with Gasteiger partial charge < -0.3 is 14.6 Å². The molecule has 0 radical (unpaired) electrons. The Morgan fingerprint density at radius 2 is 1.79 bits per heavy atom. The van der Waals surface area contributed by atoms with Gasteiger partial charge in [0.15, 0.2) is 0 Å². The van der Waals surface area contributed by atoms with E-state index in [9.17, 15) is 4.79 Å². The summed E-state index contributed by atoms with van der Waals surface area (Å²) in [7, 11) is 0. The van der Waals surface area contributed by atoms with Crippen molar-refractivity contribution in [1.29, 1.82) is 0 Å². The molecule has 4 aromatic rings. The van der Waals surface area contributed by atoms with Crippen molar-refractivity contribution >= 4 is 16.9 Å². The third kappa shape index (κ3) is 5.25. The molecule has 5 nitrogen and oxygen atoms in total. The Bertz CT molecular complexity index is 1280. The molecule has 0 aliphatic carbocycles. The lowest BCUT2D eigenvalue weighted by atomic mass is 10.1. The van der Waals surface area contributed by atoms with Gasteiger partial charge in [0.05, 0.1) is 23.7 Å². The maximum absolute atomic E-state index is 12.8. The summed E-state index contributed by atoms with van der Waals surface area (Å²) in [6.45, 7) is 9.49. The molecule has 0 aliphatic heterocycles. The minimum atomic E-state index is -0.231. The highest BCUT2D eigenvalue weighted by atomic mass is 16.5. The van der Waals surface area contributed by atoms with Crippen molar-refractivity contribution < 1.29 is 9.53 Å². The van der Waals surface area contributed by atoms with Gasteiger partial charge in [-0.25, -0.2) is 4.98 Å². The number of aromatic nitrogens is 2. The molecule has 0 bridgehead atoms. The van der Waals surface area contributed by atoms with Gasteiger partial charge in [-0.15, -0.1) is 0 Å². The van der Waals surface area contributed by atoms with Gasteiger partial charge in [-0.1, -0.05) is 47.5 Å². The molecule has 170 valence electrons. The van der Waals surface area contributed by atoms with Gasteiger partial charge in [-0.3, -0.25) is 4.79 Å². The summed E-state index contributed by atoms with van der Waals surface area (Å²) in [4.78, 5) is 17.7. The van der Waals surface area contributed by atoms with Crippen LogP contribution in [0.1, 0.15) is 52.3 Å². The van der Waals surface area contributed by atoms with E-state index in [2.05, 4.69) is 41.9 Å². The van der Waals surface area contributed by atoms with Crippen LogP contribution < -0.4 is 10.1 Å². The lowest BCUT2D eigenvalue weighted by molar-refractivity contribution is 0.0937. The first-order valence-electron chi connectivity index (χ1n) is 11.4. The minimum Gasteiger partial charge on any atom is -0.493 e. The van der Waals surface area contributed by atoms with E-state index in [0.717, 1.165) is 46.7 Å². The lowest BCUT2D eigenvalue weighted by Gasteiger charge is -2.17. The van der Waals surface area contributed by atoms with E-state index in [4.69, 9.17) is 9.72 Å². The Hall–Kier alpha value is -3.60. The van der Waals surface area contributed by atoms with Crippen LogP contribution in [0.4, 0.5) is 0 Å². The molecule has 1 N–H and O–H groups in total. The number of fused-ring (bicyclic) bond motifs is 1. The third-order valence-electron chi connectivity index (χ3n) is 5.81. The number of carbonyl (C=O) groups is 1. The van der Waals surface area contributed by atoms with Gasteiger partial charge in [0.1, 0.15) is 11.6 Å². The molecule has 1 amide bonds. The standard InChI is InChI=1S/C28H31N3O2/c1-19-9-7-10-23(18-19)28(32)29-22(4)27-30-24-11-5-6-12-25(24)31(27)15-8-16-33-26-14-13-20(2)17-21(26)3/h5-7,9-14,17-18,22H,8,15-16H2,1-4H3,(H,29,32). The van der Waals surface area contributed by atoms with E-state index in [1.54, 1.807) is 0 Å². The molecular weight excluding hydrogens is 410 g/mol. The van der Waals surface area contributed by atoms with Crippen LogP contribution in [0.3, 0.4) is 0 Å². The van der Waals surface area contributed by atoms with Crippen LogP contribution in [0.2, 0.25) is 0 Å². The Labute approximate surface area is 195 Å². The number of nitrogens with zero attached hydrogens (tertiary/aromatic N) is 2. The molecule has 0 fully saturated rings. The smallest absolute Gasteiger partial charge is 0.251 e. The number of benzene rings is 3. The van der Waals surface area contributed by atoms with E-state index >= 15 is 0 Å². The van der Waals surface area contributed by atoms with Crippen LogP contribution in [-0.2, 0) is 6.54 Å². The Morgan fingerprint density at radius 1 is 1.00 bits per heavy atom. The van der Waals surface area contributed by atoms with Crippen LogP contribution in [0.5, 0.6) is 5.75 Å². The average molecular weight is 442 g/mol. The van der Waals surface area contributed by atoms with E-state index in [0.29, 0.717) is 12.2 Å². The number of ether oxygens (including phenoxy) is 1. The Balaban J connectivity index is 1.48. The number of carbonyl (C=O) groups excluding carboxylic acids is 1. The number of amides is 1. The number of imidazole rings is 1. The zero-order chi connectivity index (χ0) is 23.4. The predicted molar refractivity (Wildman–Crippen MR) is 133 cm³/mol. The highest BCUT2D eigenvalue weighted by Gasteiger charge is 2.19.